The van der Waals surface area contributed by atoms with Gasteiger partial charge in [0.15, 0.2) is 0 Å². The number of esters is 1. The van der Waals surface area contributed by atoms with Crippen molar-refractivity contribution in [3.8, 4) is 0 Å². The van der Waals surface area contributed by atoms with Crippen molar-refractivity contribution in [2.45, 2.75) is 36.9 Å². The topological polar surface area (TPSA) is 177 Å². The van der Waals surface area contributed by atoms with Crippen molar-refractivity contribution in [2.24, 2.45) is 0 Å². The fraction of sp³-hybridized carbons (Fsp3) is 0.625. The second-order valence-corrected chi connectivity index (χ2v) is 6.60. The van der Waals surface area contributed by atoms with E-state index in [1.54, 1.807) is 0 Å². The quantitative estimate of drug-likeness (QED) is 0.356. The van der Waals surface area contributed by atoms with Crippen molar-refractivity contribution in [1.82, 2.24) is 14.5 Å². The highest BCUT2D eigenvalue weighted by atomic mass is 16.6. The first-order chi connectivity index (χ1) is 13.3. The number of carbonyl (C=O) groups excluding carboxylic acids is 2. The van der Waals surface area contributed by atoms with Crippen molar-refractivity contribution < 1.29 is 34.4 Å². The van der Waals surface area contributed by atoms with Crippen LogP contribution in [0.3, 0.4) is 0 Å². The summed E-state index contributed by atoms with van der Waals surface area (Å²) in [5, 5.41) is 30.0. The second-order valence-electron chi connectivity index (χ2n) is 6.60. The van der Waals surface area contributed by atoms with Gasteiger partial charge in [0.25, 0.3) is 5.72 Å². The van der Waals surface area contributed by atoms with E-state index in [1.165, 1.54) is 11.0 Å². The van der Waals surface area contributed by atoms with Crippen LogP contribution in [0.25, 0.3) is 0 Å². The highest BCUT2D eigenvalue weighted by molar-refractivity contribution is 5.79. The number of hydrogen-bond donors (Lipinski definition) is 4. The van der Waals surface area contributed by atoms with Crippen LogP contribution in [-0.2, 0) is 24.8 Å². The SMILES string of the molecule is Nc1ccn([C@]2(C(=O)OCCN3CCCC3=O)O[C@H](CO)[C@@H](O)[C@H]2O)c(=O)n1. The van der Waals surface area contributed by atoms with Gasteiger partial charge >= 0.3 is 11.7 Å². The van der Waals surface area contributed by atoms with Gasteiger partial charge in [0, 0.05) is 19.2 Å². The summed E-state index contributed by atoms with van der Waals surface area (Å²) in [6, 6.07) is 1.20. The molecule has 0 unspecified atom stereocenters. The van der Waals surface area contributed by atoms with Crippen LogP contribution in [0.2, 0.25) is 0 Å². The Hall–Kier alpha value is -2.54. The van der Waals surface area contributed by atoms with Gasteiger partial charge in [0.1, 0.15) is 30.7 Å². The molecule has 12 heteroatoms. The van der Waals surface area contributed by atoms with Crippen LogP contribution in [0.5, 0.6) is 0 Å². The molecule has 0 aromatic carbocycles. The zero-order valence-electron chi connectivity index (χ0n) is 14.9. The maximum atomic E-state index is 12.9. The number of aromatic nitrogens is 2. The number of ether oxygens (including phenoxy) is 2. The maximum absolute atomic E-state index is 12.9. The molecule has 0 spiro atoms. The molecule has 0 radical (unpaired) electrons. The molecule has 154 valence electrons. The minimum atomic E-state index is -2.46. The Kier molecular flexibility index (Phi) is 5.65. The first kappa shape index (κ1) is 20.2. The summed E-state index contributed by atoms with van der Waals surface area (Å²) in [6.45, 7) is -0.239. The molecular formula is C16H22N4O8. The third-order valence-corrected chi connectivity index (χ3v) is 4.86. The van der Waals surface area contributed by atoms with Crippen molar-refractivity contribution in [2.75, 3.05) is 32.0 Å². The number of nitrogens with zero attached hydrogens (tertiary/aromatic N) is 3. The number of aliphatic hydroxyl groups excluding tert-OH is 3. The third kappa shape index (κ3) is 3.35. The standard InChI is InChI=1S/C16H22N4O8/c17-10-3-5-20(15(26)18-10)16(13(24)12(23)9(8-21)28-16)14(25)27-7-6-19-4-1-2-11(19)22/h3,5,9,12-13,21,23-24H,1-2,4,6-8H2,(H2,17,18,26)/t9-,12-,13-,16+/m1/s1. The zero-order valence-corrected chi connectivity index (χ0v) is 14.9. The number of amides is 1. The summed E-state index contributed by atoms with van der Waals surface area (Å²) >= 11 is 0. The fourth-order valence-electron chi connectivity index (χ4n) is 3.38. The van der Waals surface area contributed by atoms with Crippen LogP contribution in [0.1, 0.15) is 12.8 Å². The predicted molar refractivity (Wildman–Crippen MR) is 91.6 cm³/mol. The van der Waals surface area contributed by atoms with Gasteiger partial charge in [-0.25, -0.2) is 9.59 Å². The number of carbonyl (C=O) groups is 2. The number of rotatable bonds is 6. The molecule has 4 atom stereocenters. The summed E-state index contributed by atoms with van der Waals surface area (Å²) in [6.07, 6.45) is -2.71. The summed E-state index contributed by atoms with van der Waals surface area (Å²) < 4.78 is 11.2. The van der Waals surface area contributed by atoms with Crippen LogP contribution < -0.4 is 11.4 Å². The first-order valence-corrected chi connectivity index (χ1v) is 8.76. The lowest BCUT2D eigenvalue weighted by Gasteiger charge is -2.31. The van der Waals surface area contributed by atoms with Gasteiger partial charge in [-0.2, -0.15) is 4.98 Å². The molecule has 12 nitrogen and oxygen atoms in total. The molecule has 5 N–H and O–H groups in total. The molecule has 0 aliphatic carbocycles. The Morgan fingerprint density at radius 3 is 2.75 bits per heavy atom. The van der Waals surface area contributed by atoms with Crippen LogP contribution in [0.15, 0.2) is 17.1 Å². The monoisotopic (exact) mass is 398 g/mol. The van der Waals surface area contributed by atoms with Crippen LogP contribution in [0.4, 0.5) is 5.82 Å². The lowest BCUT2D eigenvalue weighted by atomic mass is 10.0. The summed E-state index contributed by atoms with van der Waals surface area (Å²) in [5.74, 6) is -1.35. The van der Waals surface area contributed by atoms with E-state index >= 15 is 0 Å². The second kappa shape index (κ2) is 7.83. The molecule has 1 aromatic heterocycles. The van der Waals surface area contributed by atoms with Crippen molar-refractivity contribution in [3.05, 3.63) is 22.7 Å². The first-order valence-electron chi connectivity index (χ1n) is 8.76. The molecule has 3 rings (SSSR count). The Balaban J connectivity index is 1.87. The van der Waals surface area contributed by atoms with E-state index < -0.39 is 42.3 Å². The van der Waals surface area contributed by atoms with Crippen LogP contribution in [0, 0.1) is 0 Å². The zero-order chi connectivity index (χ0) is 20.5. The Bertz CT molecular complexity index is 814. The normalized spacial score (nSPS) is 30.0. The fourth-order valence-corrected chi connectivity index (χ4v) is 3.38. The van der Waals surface area contributed by atoms with Gasteiger partial charge in [-0.1, -0.05) is 0 Å². The number of anilines is 1. The molecule has 2 saturated heterocycles. The largest absolute Gasteiger partial charge is 0.460 e. The van der Waals surface area contributed by atoms with Gasteiger partial charge in [-0.15, -0.1) is 0 Å². The minimum absolute atomic E-state index is 0.0577. The molecular weight excluding hydrogens is 376 g/mol. The highest BCUT2D eigenvalue weighted by Crippen LogP contribution is 2.36. The highest BCUT2D eigenvalue weighted by Gasteiger charge is 2.62. The lowest BCUT2D eigenvalue weighted by molar-refractivity contribution is -0.202. The predicted octanol–water partition coefficient (Wildman–Crippen LogP) is -3.24. The summed E-state index contributed by atoms with van der Waals surface area (Å²) in [7, 11) is 0. The van der Waals surface area contributed by atoms with E-state index in [2.05, 4.69) is 4.98 Å². The summed E-state index contributed by atoms with van der Waals surface area (Å²) in [5.41, 5.74) is 1.98. The minimum Gasteiger partial charge on any atom is -0.460 e. The average molecular weight is 398 g/mol. The number of hydrogen-bond acceptors (Lipinski definition) is 10. The third-order valence-electron chi connectivity index (χ3n) is 4.86. The van der Waals surface area contributed by atoms with Crippen molar-refractivity contribution in [3.63, 3.8) is 0 Å². The Morgan fingerprint density at radius 1 is 1.43 bits per heavy atom. The molecule has 3 heterocycles. The number of likely N-dealkylation sites (tertiary alicyclic amines) is 1. The number of aliphatic hydroxyl groups is 3. The molecule has 2 aliphatic rings. The molecule has 0 bridgehead atoms. The van der Waals surface area contributed by atoms with Crippen molar-refractivity contribution >= 4 is 17.7 Å². The van der Waals surface area contributed by atoms with E-state index in [-0.39, 0.29) is 24.9 Å². The van der Waals surface area contributed by atoms with Crippen LogP contribution >= 0.6 is 0 Å². The molecule has 28 heavy (non-hydrogen) atoms. The number of nitrogens with two attached hydrogens (primary N) is 1. The molecule has 2 aliphatic heterocycles. The maximum Gasteiger partial charge on any atom is 0.363 e. The van der Waals surface area contributed by atoms with Gasteiger partial charge in [-0.3, -0.25) is 9.36 Å². The van der Waals surface area contributed by atoms with Crippen molar-refractivity contribution in [1.29, 1.82) is 0 Å². The summed E-state index contributed by atoms with van der Waals surface area (Å²) in [4.78, 5) is 41.8. The lowest BCUT2D eigenvalue weighted by Crippen LogP contribution is -2.56. The van der Waals surface area contributed by atoms with Gasteiger partial charge in [0.2, 0.25) is 5.91 Å². The molecule has 1 amide bonds. The molecule has 2 fully saturated rings. The Labute approximate surface area is 159 Å². The van der Waals surface area contributed by atoms with E-state index in [0.29, 0.717) is 17.5 Å². The van der Waals surface area contributed by atoms with E-state index in [0.717, 1.165) is 12.6 Å². The average Bonchev–Trinajstić information content (AvgIpc) is 3.18. The van der Waals surface area contributed by atoms with Gasteiger partial charge < -0.3 is 35.4 Å². The molecule has 1 aromatic rings. The van der Waals surface area contributed by atoms with E-state index in [9.17, 15) is 29.7 Å². The van der Waals surface area contributed by atoms with Gasteiger partial charge in [0.05, 0.1) is 13.2 Å². The Morgan fingerprint density at radius 2 is 2.18 bits per heavy atom. The van der Waals surface area contributed by atoms with E-state index in [1.807, 2.05) is 0 Å². The van der Waals surface area contributed by atoms with Gasteiger partial charge in [-0.05, 0) is 12.5 Å². The molecule has 0 saturated carbocycles. The number of nitrogen functional groups attached to an aromatic ring is 1. The smallest absolute Gasteiger partial charge is 0.363 e. The van der Waals surface area contributed by atoms with E-state index in [4.69, 9.17) is 15.2 Å². The van der Waals surface area contributed by atoms with Crippen LogP contribution in [-0.4, -0.2) is 86.3 Å².